The number of carboxylic acids is 1. The largest absolute Gasteiger partial charge is 0.480 e. The molecule has 0 bridgehead atoms. The Balaban J connectivity index is 1.37. The number of rotatable bonds is 9. The summed E-state index contributed by atoms with van der Waals surface area (Å²) in [4.78, 5) is 44.1. The molecule has 0 spiro atoms. The highest BCUT2D eigenvalue weighted by molar-refractivity contribution is 5.88. The van der Waals surface area contributed by atoms with Gasteiger partial charge in [-0.1, -0.05) is 37.3 Å². The Hall–Kier alpha value is -4.20. The van der Waals surface area contributed by atoms with E-state index in [1.807, 2.05) is 49.9 Å². The summed E-state index contributed by atoms with van der Waals surface area (Å²) in [5, 5.41) is 15.0. The highest BCUT2D eigenvalue weighted by Gasteiger charge is 2.40. The quantitative estimate of drug-likeness (QED) is 0.291. The van der Waals surface area contributed by atoms with Gasteiger partial charge >= 0.3 is 5.97 Å². The van der Waals surface area contributed by atoms with Crippen LogP contribution in [0.15, 0.2) is 64.2 Å². The van der Waals surface area contributed by atoms with Crippen LogP contribution in [0.4, 0.5) is 11.4 Å². The van der Waals surface area contributed by atoms with Crippen LogP contribution in [0.25, 0.3) is 10.8 Å². The number of aliphatic carboxylic acids is 1. The van der Waals surface area contributed by atoms with Gasteiger partial charge in [0.05, 0.1) is 0 Å². The van der Waals surface area contributed by atoms with Crippen molar-refractivity contribution in [2.24, 2.45) is 0 Å². The summed E-state index contributed by atoms with van der Waals surface area (Å²) in [6.45, 7) is 7.60. The molecule has 5 rings (SSSR count). The zero-order valence-corrected chi connectivity index (χ0v) is 22.7. The van der Waals surface area contributed by atoms with E-state index in [0.717, 1.165) is 41.3 Å². The molecule has 0 saturated carbocycles. The van der Waals surface area contributed by atoms with E-state index >= 15 is 0 Å². The van der Waals surface area contributed by atoms with E-state index in [1.165, 1.54) is 6.92 Å². The second kappa shape index (κ2) is 10.2. The predicted octanol–water partition coefficient (Wildman–Crippen LogP) is 5.06. The molecule has 0 unspecified atom stereocenters. The van der Waals surface area contributed by atoms with Crippen LogP contribution >= 0.6 is 0 Å². The fourth-order valence-corrected chi connectivity index (χ4v) is 5.50. The molecule has 2 N–H and O–H groups in total. The van der Waals surface area contributed by atoms with E-state index in [2.05, 4.69) is 16.4 Å². The lowest BCUT2D eigenvalue weighted by Crippen LogP contribution is -2.52. The topological polar surface area (TPSA) is 109 Å². The number of benzene rings is 2. The van der Waals surface area contributed by atoms with Gasteiger partial charge in [-0.05, 0) is 75.2 Å². The van der Waals surface area contributed by atoms with Gasteiger partial charge in [-0.25, -0.2) is 9.78 Å². The van der Waals surface area contributed by atoms with Crippen molar-refractivity contribution in [3.05, 3.63) is 86.3 Å². The molecule has 0 amide bonds. The van der Waals surface area contributed by atoms with Crippen LogP contribution in [0.3, 0.4) is 0 Å². The van der Waals surface area contributed by atoms with Crippen LogP contribution in [0.2, 0.25) is 0 Å². The number of nitrogens with zero attached hydrogens (tertiary/aromatic N) is 2. The highest BCUT2D eigenvalue weighted by atomic mass is 16.5. The highest BCUT2D eigenvalue weighted by Crippen LogP contribution is 2.35. The molecule has 1 fully saturated rings. The molecule has 1 aliphatic rings. The Bertz CT molecular complexity index is 1600. The van der Waals surface area contributed by atoms with Gasteiger partial charge in [0.2, 0.25) is 5.88 Å². The van der Waals surface area contributed by atoms with E-state index in [1.54, 1.807) is 24.3 Å². The Morgan fingerprint density at radius 2 is 1.74 bits per heavy atom. The third-order valence-corrected chi connectivity index (χ3v) is 7.78. The van der Waals surface area contributed by atoms with Crippen molar-refractivity contribution in [1.29, 1.82) is 0 Å². The summed E-state index contributed by atoms with van der Waals surface area (Å²) in [7, 11) is 0. The second-order valence-corrected chi connectivity index (χ2v) is 10.7. The fraction of sp³-hybridized carbons (Fsp3) is 0.355. The number of anilines is 2. The maximum atomic E-state index is 12.5. The minimum Gasteiger partial charge on any atom is -0.480 e. The van der Waals surface area contributed by atoms with Crippen LogP contribution in [0.5, 0.6) is 11.6 Å². The lowest BCUT2D eigenvalue weighted by atomic mass is 9.91. The van der Waals surface area contributed by atoms with Crippen molar-refractivity contribution in [1.82, 2.24) is 4.98 Å². The summed E-state index contributed by atoms with van der Waals surface area (Å²) >= 11 is 0. The summed E-state index contributed by atoms with van der Waals surface area (Å²) < 4.78 is 6.14. The maximum Gasteiger partial charge on any atom is 0.329 e. The number of carboxylic acid groups (broad SMARTS) is 1. The lowest BCUT2D eigenvalue weighted by molar-refractivity contribution is -0.141. The van der Waals surface area contributed by atoms with Gasteiger partial charge in [0.15, 0.2) is 0 Å². The van der Waals surface area contributed by atoms with Gasteiger partial charge in [-0.2, -0.15) is 0 Å². The first-order valence-electron chi connectivity index (χ1n) is 13.4. The van der Waals surface area contributed by atoms with Crippen LogP contribution in [-0.2, 0) is 17.6 Å². The molecular formula is C31H33N3O5. The van der Waals surface area contributed by atoms with Crippen LogP contribution in [0.1, 0.15) is 51.8 Å². The molecule has 4 aromatic rings. The Kier molecular flexibility index (Phi) is 6.89. The van der Waals surface area contributed by atoms with Crippen LogP contribution in [0, 0.1) is 0 Å². The first-order chi connectivity index (χ1) is 18.6. The molecule has 0 radical (unpaired) electrons. The van der Waals surface area contributed by atoms with E-state index < -0.39 is 22.4 Å². The number of ether oxygens (including phenoxy) is 1. The lowest BCUT2D eigenvalue weighted by Gasteiger charge is -2.34. The number of carbonyl (C=O) groups is 1. The smallest absolute Gasteiger partial charge is 0.329 e. The molecule has 2 heterocycles. The normalized spacial score (nSPS) is 18.8. The molecule has 0 aliphatic carbocycles. The summed E-state index contributed by atoms with van der Waals surface area (Å²) in [5.41, 5.74) is -0.648. The van der Waals surface area contributed by atoms with E-state index in [9.17, 15) is 19.5 Å². The maximum absolute atomic E-state index is 12.5. The second-order valence-electron chi connectivity index (χ2n) is 10.7. The zero-order chi connectivity index (χ0) is 27.9. The van der Waals surface area contributed by atoms with Gasteiger partial charge in [-0.3, -0.25) is 9.59 Å². The van der Waals surface area contributed by atoms with E-state index in [4.69, 9.17) is 4.74 Å². The molecule has 8 nitrogen and oxygen atoms in total. The van der Waals surface area contributed by atoms with Crippen LogP contribution in [-0.4, -0.2) is 33.7 Å². The van der Waals surface area contributed by atoms with Crippen molar-refractivity contribution in [2.45, 2.75) is 71.0 Å². The number of aryl methyl sites for hydroxylation is 1. The average molecular weight is 528 g/mol. The number of fused-ring (bicyclic) bond motifs is 1. The standard InChI is InChI=1S/C31H33N3O5/c1-5-22-16-21-8-6-7-9-24(21)29(32-22)39-23-14-12-20(13-15-23)17-31(4,30(37)38)33-25-26(28(36)27(25)35)34-18(2)10-11-19(34)3/h6-9,12-16,18-19,33H,5,10-11,17H2,1-4H3,(H,37,38)/t18-,19+,31-/m0/s1. The third kappa shape index (κ3) is 4.87. The van der Waals surface area contributed by atoms with Crippen molar-refractivity contribution >= 4 is 28.1 Å². The molecule has 3 aromatic carbocycles. The molecule has 202 valence electrons. The third-order valence-electron chi connectivity index (χ3n) is 7.78. The zero-order valence-electron chi connectivity index (χ0n) is 22.7. The minimum atomic E-state index is -1.50. The molecule has 1 saturated heterocycles. The Morgan fingerprint density at radius 1 is 1.08 bits per heavy atom. The van der Waals surface area contributed by atoms with E-state index in [-0.39, 0.29) is 24.2 Å². The molecule has 39 heavy (non-hydrogen) atoms. The monoisotopic (exact) mass is 527 g/mol. The van der Waals surface area contributed by atoms with Gasteiger partial charge in [-0.15, -0.1) is 0 Å². The summed E-state index contributed by atoms with van der Waals surface area (Å²) in [6.07, 6.45) is 2.71. The average Bonchev–Trinajstić information content (AvgIpc) is 3.26. The summed E-state index contributed by atoms with van der Waals surface area (Å²) in [5.74, 6) is -0.0134. The molecular weight excluding hydrogens is 494 g/mol. The number of hydrogen-bond donors (Lipinski definition) is 2. The molecule has 1 aromatic heterocycles. The number of nitrogens with one attached hydrogen (secondary N) is 1. The SMILES string of the molecule is CCc1cc2ccccc2c(Oc2ccc(C[C@](C)(Nc3c(N4[C@H](C)CC[C@@H]4C)c(=O)c3=O)C(=O)O)cc2)n1. The number of pyridine rings is 1. The molecule has 1 aliphatic heterocycles. The minimum absolute atomic E-state index is 0.0957. The number of aromatic nitrogens is 1. The van der Waals surface area contributed by atoms with Gasteiger partial charge < -0.3 is 20.1 Å². The summed E-state index contributed by atoms with van der Waals surface area (Å²) in [6, 6.07) is 17.4. The first kappa shape index (κ1) is 26.4. The van der Waals surface area contributed by atoms with Gasteiger partial charge in [0.1, 0.15) is 22.7 Å². The Labute approximate surface area is 227 Å². The van der Waals surface area contributed by atoms with Crippen molar-refractivity contribution < 1.29 is 14.6 Å². The van der Waals surface area contributed by atoms with Gasteiger partial charge in [0, 0.05) is 29.6 Å². The van der Waals surface area contributed by atoms with Crippen molar-refractivity contribution in [3.63, 3.8) is 0 Å². The van der Waals surface area contributed by atoms with E-state index in [0.29, 0.717) is 17.3 Å². The van der Waals surface area contributed by atoms with Crippen molar-refractivity contribution in [3.8, 4) is 11.6 Å². The van der Waals surface area contributed by atoms with Crippen molar-refractivity contribution in [2.75, 3.05) is 10.2 Å². The molecule has 8 heteroatoms. The first-order valence-corrected chi connectivity index (χ1v) is 13.4. The predicted molar refractivity (Wildman–Crippen MR) is 153 cm³/mol. The molecule has 3 atom stereocenters. The fourth-order valence-electron chi connectivity index (χ4n) is 5.50. The van der Waals surface area contributed by atoms with Gasteiger partial charge in [0.25, 0.3) is 10.9 Å². The Morgan fingerprint density at radius 3 is 2.38 bits per heavy atom. The van der Waals surface area contributed by atoms with Crippen LogP contribution < -0.4 is 25.8 Å². The number of hydrogen-bond acceptors (Lipinski definition) is 7.